The van der Waals surface area contributed by atoms with E-state index >= 15 is 0 Å². The van der Waals surface area contributed by atoms with Gasteiger partial charge in [-0.15, -0.1) is 0 Å². The summed E-state index contributed by atoms with van der Waals surface area (Å²) in [7, 11) is 1.68. The summed E-state index contributed by atoms with van der Waals surface area (Å²) in [4.78, 5) is 28.9. The van der Waals surface area contributed by atoms with Crippen molar-refractivity contribution in [3.63, 3.8) is 0 Å². The molecule has 0 spiro atoms. The second-order valence-electron chi connectivity index (χ2n) is 6.61. The highest BCUT2D eigenvalue weighted by Crippen LogP contribution is 2.31. The van der Waals surface area contributed by atoms with Crippen molar-refractivity contribution >= 4 is 46.2 Å². The first-order chi connectivity index (χ1) is 13.0. The first kappa shape index (κ1) is 17.9. The second kappa shape index (κ2) is 7.29. The van der Waals surface area contributed by atoms with E-state index in [0.717, 1.165) is 18.5 Å². The summed E-state index contributed by atoms with van der Waals surface area (Å²) >= 11 is 6.44. The molecule has 136 valence electrons. The van der Waals surface area contributed by atoms with Crippen LogP contribution in [0.25, 0.3) is 6.08 Å². The van der Waals surface area contributed by atoms with Crippen LogP contribution in [-0.2, 0) is 17.8 Å². The van der Waals surface area contributed by atoms with Gasteiger partial charge >= 0.3 is 0 Å². The number of hydrogen-bond donors (Lipinski definition) is 0. The van der Waals surface area contributed by atoms with Crippen molar-refractivity contribution in [2.24, 2.45) is 0 Å². The molecule has 0 aromatic heterocycles. The Bertz CT molecular complexity index is 966. The zero-order valence-electron chi connectivity index (χ0n) is 14.8. The van der Waals surface area contributed by atoms with E-state index in [1.54, 1.807) is 7.05 Å². The van der Waals surface area contributed by atoms with Gasteiger partial charge in [-0.3, -0.25) is 14.5 Å². The number of likely N-dealkylation sites (N-methyl/N-ethyl adjacent to an activating group) is 1. The maximum atomic E-state index is 12.8. The lowest BCUT2D eigenvalue weighted by atomic mass is 9.99. The monoisotopic (exact) mass is 394 g/mol. The molecule has 4 nitrogen and oxygen atoms in total. The third-order valence-corrected chi connectivity index (χ3v) is 6.34. The Labute approximate surface area is 167 Å². The molecule has 0 bridgehead atoms. The van der Waals surface area contributed by atoms with Gasteiger partial charge in [0, 0.05) is 25.7 Å². The van der Waals surface area contributed by atoms with Gasteiger partial charge in [-0.1, -0.05) is 60.4 Å². The van der Waals surface area contributed by atoms with Crippen molar-refractivity contribution in [2.75, 3.05) is 13.6 Å². The van der Waals surface area contributed by atoms with Gasteiger partial charge in [-0.2, -0.15) is 0 Å². The van der Waals surface area contributed by atoms with Gasteiger partial charge in [-0.05, 0) is 41.3 Å². The Balaban J connectivity index is 1.49. The number of amides is 2. The molecule has 2 aromatic carbocycles. The number of benzene rings is 2. The zero-order chi connectivity index (χ0) is 19.0. The fourth-order valence-electron chi connectivity index (χ4n) is 3.27. The average molecular weight is 395 g/mol. The zero-order valence-corrected chi connectivity index (χ0v) is 16.5. The van der Waals surface area contributed by atoms with Crippen LogP contribution in [0.1, 0.15) is 27.0 Å². The molecule has 4 rings (SSSR count). The van der Waals surface area contributed by atoms with E-state index in [9.17, 15) is 9.59 Å². The van der Waals surface area contributed by atoms with Gasteiger partial charge in [-0.25, -0.2) is 0 Å². The lowest BCUT2D eigenvalue weighted by Crippen LogP contribution is -2.35. The number of nitrogens with zero attached hydrogens (tertiary/aromatic N) is 2. The number of thioether (sulfide) groups is 1. The van der Waals surface area contributed by atoms with Crippen molar-refractivity contribution in [1.82, 2.24) is 9.80 Å². The maximum Gasteiger partial charge on any atom is 0.265 e. The highest BCUT2D eigenvalue weighted by atomic mass is 32.2. The third-order valence-electron chi connectivity index (χ3n) is 4.86. The molecule has 0 atom stereocenters. The number of fused-ring (bicyclic) bond motifs is 1. The Morgan fingerprint density at radius 3 is 2.48 bits per heavy atom. The normalized spacial score (nSPS) is 18.2. The molecule has 2 aliphatic rings. The van der Waals surface area contributed by atoms with Gasteiger partial charge in [0.2, 0.25) is 0 Å². The molecule has 1 fully saturated rings. The molecule has 0 radical (unpaired) electrons. The van der Waals surface area contributed by atoms with Crippen LogP contribution in [0.4, 0.5) is 0 Å². The molecule has 0 N–H and O–H groups in total. The van der Waals surface area contributed by atoms with Gasteiger partial charge in [0.25, 0.3) is 11.8 Å². The summed E-state index contributed by atoms with van der Waals surface area (Å²) in [6, 6.07) is 15.7. The molecule has 0 saturated carbocycles. The first-order valence-corrected chi connectivity index (χ1v) is 9.93. The van der Waals surface area contributed by atoms with Crippen LogP contribution in [0.3, 0.4) is 0 Å². The summed E-state index contributed by atoms with van der Waals surface area (Å²) < 4.78 is 0.559. The minimum atomic E-state index is -0.0860. The van der Waals surface area contributed by atoms with Gasteiger partial charge < -0.3 is 4.90 Å². The molecular weight excluding hydrogens is 376 g/mol. The number of carbonyl (C=O) groups excluding carboxylic acids is 2. The summed E-state index contributed by atoms with van der Waals surface area (Å²) in [5.74, 6) is -0.0481. The summed E-state index contributed by atoms with van der Waals surface area (Å²) in [6.45, 7) is 1.38. The summed E-state index contributed by atoms with van der Waals surface area (Å²) in [5.41, 5.74) is 4.08. The van der Waals surface area contributed by atoms with Crippen LogP contribution in [0.2, 0.25) is 0 Å². The minimum Gasteiger partial charge on any atom is -0.334 e. The molecular formula is C21H18N2O2S2. The molecule has 27 heavy (non-hydrogen) atoms. The van der Waals surface area contributed by atoms with Crippen molar-refractivity contribution in [2.45, 2.75) is 13.0 Å². The number of thiocarbonyl (C=S) groups is 1. The predicted molar refractivity (Wildman–Crippen MR) is 112 cm³/mol. The van der Waals surface area contributed by atoms with Crippen LogP contribution in [-0.4, -0.2) is 39.5 Å². The van der Waals surface area contributed by atoms with Gasteiger partial charge in [0.05, 0.1) is 4.91 Å². The Kier molecular flexibility index (Phi) is 4.85. The Hall–Kier alpha value is -2.44. The molecule has 2 heterocycles. The molecule has 0 aliphatic carbocycles. The lowest BCUT2D eigenvalue weighted by molar-refractivity contribution is -0.121. The third kappa shape index (κ3) is 3.55. The van der Waals surface area contributed by atoms with Crippen molar-refractivity contribution in [3.8, 4) is 0 Å². The standard InChI is InChI=1S/C21H18N2O2S2/c1-22-20(25)18(27-21(22)26)12-14-6-8-16(9-7-14)19(24)23-11-10-15-4-2-3-5-17(15)13-23/h2-9,12H,10-11,13H2,1H3/b18-12-. The van der Waals surface area contributed by atoms with Crippen LogP contribution >= 0.6 is 24.0 Å². The van der Waals surface area contributed by atoms with Gasteiger partial charge in [0.1, 0.15) is 4.32 Å². The fourth-order valence-corrected chi connectivity index (χ4v) is 4.45. The van der Waals surface area contributed by atoms with E-state index in [0.29, 0.717) is 21.3 Å². The second-order valence-corrected chi connectivity index (χ2v) is 8.28. The fraction of sp³-hybridized carbons (Fsp3) is 0.190. The van der Waals surface area contributed by atoms with E-state index in [1.807, 2.05) is 47.4 Å². The van der Waals surface area contributed by atoms with Gasteiger partial charge in [0.15, 0.2) is 0 Å². The molecule has 0 unspecified atom stereocenters. The predicted octanol–water partition coefficient (Wildman–Crippen LogP) is 3.72. The van der Waals surface area contributed by atoms with E-state index in [4.69, 9.17) is 12.2 Å². The minimum absolute atomic E-state index is 0.0379. The smallest absolute Gasteiger partial charge is 0.265 e. The Morgan fingerprint density at radius 1 is 1.11 bits per heavy atom. The van der Waals surface area contributed by atoms with Crippen LogP contribution in [0.15, 0.2) is 53.4 Å². The van der Waals surface area contributed by atoms with E-state index in [1.165, 1.54) is 27.8 Å². The highest BCUT2D eigenvalue weighted by Gasteiger charge is 2.28. The van der Waals surface area contributed by atoms with Crippen molar-refractivity contribution < 1.29 is 9.59 Å². The molecule has 1 saturated heterocycles. The summed E-state index contributed by atoms with van der Waals surface area (Å²) in [5, 5.41) is 0. The molecule has 2 aromatic rings. The Morgan fingerprint density at radius 2 is 1.81 bits per heavy atom. The largest absolute Gasteiger partial charge is 0.334 e. The van der Waals surface area contributed by atoms with E-state index in [-0.39, 0.29) is 11.8 Å². The van der Waals surface area contributed by atoms with E-state index in [2.05, 4.69) is 12.1 Å². The van der Waals surface area contributed by atoms with Crippen LogP contribution in [0, 0.1) is 0 Å². The highest BCUT2D eigenvalue weighted by molar-refractivity contribution is 8.26. The van der Waals surface area contributed by atoms with Crippen LogP contribution in [0.5, 0.6) is 0 Å². The van der Waals surface area contributed by atoms with Crippen molar-refractivity contribution in [1.29, 1.82) is 0 Å². The average Bonchev–Trinajstić information content (AvgIpc) is 2.94. The van der Waals surface area contributed by atoms with E-state index < -0.39 is 0 Å². The quantitative estimate of drug-likeness (QED) is 0.575. The van der Waals surface area contributed by atoms with Crippen LogP contribution < -0.4 is 0 Å². The molecule has 2 aliphatic heterocycles. The SMILES string of the molecule is CN1C(=O)/C(=C/c2ccc(C(=O)N3CCc4ccccc4C3)cc2)SC1=S. The number of carbonyl (C=O) groups is 2. The maximum absolute atomic E-state index is 12.8. The lowest BCUT2D eigenvalue weighted by Gasteiger charge is -2.29. The first-order valence-electron chi connectivity index (χ1n) is 8.70. The molecule has 2 amide bonds. The summed E-state index contributed by atoms with van der Waals surface area (Å²) in [6.07, 6.45) is 2.70. The topological polar surface area (TPSA) is 40.6 Å². The number of rotatable bonds is 2. The van der Waals surface area contributed by atoms with Crippen molar-refractivity contribution in [3.05, 3.63) is 75.7 Å². The molecule has 6 heteroatoms. The number of hydrogen-bond acceptors (Lipinski definition) is 4.